The lowest BCUT2D eigenvalue weighted by Gasteiger charge is -2.06. The predicted molar refractivity (Wildman–Crippen MR) is 86.7 cm³/mol. The molecule has 0 bridgehead atoms. The molecule has 2 aromatic carbocycles. The van der Waals surface area contributed by atoms with Crippen LogP contribution in [-0.2, 0) is 6.54 Å². The summed E-state index contributed by atoms with van der Waals surface area (Å²) in [7, 11) is 1.57. The summed E-state index contributed by atoms with van der Waals surface area (Å²) in [5.41, 5.74) is 1.44. The third-order valence-corrected chi connectivity index (χ3v) is 3.34. The summed E-state index contributed by atoms with van der Waals surface area (Å²) in [4.78, 5) is 4.32. The molecule has 0 fully saturated rings. The number of hydrogen-bond acceptors (Lipinski definition) is 6. The van der Waals surface area contributed by atoms with Crippen LogP contribution < -0.4 is 14.8 Å². The molecule has 130 valence electrons. The van der Waals surface area contributed by atoms with Crippen LogP contribution in [-0.4, -0.2) is 23.9 Å². The van der Waals surface area contributed by atoms with Crippen molar-refractivity contribution in [1.82, 2.24) is 10.1 Å². The average Bonchev–Trinajstić information content (AvgIpc) is 3.09. The number of methoxy groups -OCH3 is 1. The third kappa shape index (κ3) is 4.23. The molecule has 1 N–H and O–H groups in total. The molecule has 0 atom stereocenters. The molecule has 3 aromatic rings. The summed E-state index contributed by atoms with van der Waals surface area (Å²) in [6.07, 6.45) is 0. The van der Waals surface area contributed by atoms with E-state index in [0.29, 0.717) is 23.2 Å². The third-order valence-electron chi connectivity index (χ3n) is 3.34. The minimum atomic E-state index is -2.84. The molecule has 0 spiro atoms. The van der Waals surface area contributed by atoms with E-state index in [1.165, 1.54) is 12.1 Å². The van der Waals surface area contributed by atoms with E-state index in [1.807, 2.05) is 24.3 Å². The van der Waals surface area contributed by atoms with Crippen molar-refractivity contribution in [2.75, 3.05) is 12.4 Å². The highest BCUT2D eigenvalue weighted by atomic mass is 19.3. The second-order valence-corrected chi connectivity index (χ2v) is 4.97. The molecule has 0 amide bonds. The predicted octanol–water partition coefficient (Wildman–Crippen LogP) is 3.96. The Kier molecular flexibility index (Phi) is 5.08. The summed E-state index contributed by atoms with van der Waals surface area (Å²) >= 11 is 0. The molecule has 1 aromatic heterocycles. The van der Waals surface area contributed by atoms with Gasteiger partial charge >= 0.3 is 6.61 Å². The minimum Gasteiger partial charge on any atom is -0.496 e. The van der Waals surface area contributed by atoms with Gasteiger partial charge in [0, 0.05) is 5.69 Å². The molecular weight excluding hydrogens is 332 g/mol. The zero-order valence-corrected chi connectivity index (χ0v) is 13.3. The second kappa shape index (κ2) is 7.61. The van der Waals surface area contributed by atoms with Gasteiger partial charge in [-0.05, 0) is 36.4 Å². The number of ether oxygens (including phenoxy) is 2. The maximum Gasteiger partial charge on any atom is 0.387 e. The highest BCUT2D eigenvalue weighted by Gasteiger charge is 2.12. The molecular formula is C17H15F2N3O3. The molecule has 3 rings (SSSR count). The van der Waals surface area contributed by atoms with Crippen LogP contribution in [0.3, 0.4) is 0 Å². The van der Waals surface area contributed by atoms with Gasteiger partial charge in [0.05, 0.1) is 19.2 Å². The fourth-order valence-corrected chi connectivity index (χ4v) is 2.20. The molecule has 0 aliphatic rings. The van der Waals surface area contributed by atoms with Crippen molar-refractivity contribution < 1.29 is 22.8 Å². The lowest BCUT2D eigenvalue weighted by molar-refractivity contribution is -0.0498. The fraction of sp³-hybridized carbons (Fsp3) is 0.176. The molecule has 0 unspecified atom stereocenters. The Balaban J connectivity index is 1.64. The Hall–Kier alpha value is -3.16. The van der Waals surface area contributed by atoms with Gasteiger partial charge < -0.3 is 19.3 Å². The van der Waals surface area contributed by atoms with Gasteiger partial charge in [-0.1, -0.05) is 17.3 Å². The molecule has 0 saturated carbocycles. The van der Waals surface area contributed by atoms with Gasteiger partial charge in [0.1, 0.15) is 11.5 Å². The summed E-state index contributed by atoms with van der Waals surface area (Å²) < 4.78 is 39.0. The van der Waals surface area contributed by atoms with E-state index in [9.17, 15) is 8.78 Å². The number of anilines is 1. The number of nitrogens with one attached hydrogen (secondary N) is 1. The van der Waals surface area contributed by atoms with Crippen LogP contribution in [0.2, 0.25) is 0 Å². The molecule has 6 nitrogen and oxygen atoms in total. The van der Waals surface area contributed by atoms with Crippen LogP contribution in [0.15, 0.2) is 53.1 Å². The van der Waals surface area contributed by atoms with Gasteiger partial charge in [-0.25, -0.2) is 0 Å². The standard InChI is InChI=1S/C17H15F2N3O3/c1-23-14-5-3-2-4-13(14)16-21-15(25-22-16)10-20-11-6-8-12(9-7-11)24-17(18)19/h2-9,17,20H,10H2,1H3. The van der Waals surface area contributed by atoms with Gasteiger partial charge in [-0.2, -0.15) is 13.8 Å². The van der Waals surface area contributed by atoms with Gasteiger partial charge in [-0.15, -0.1) is 0 Å². The van der Waals surface area contributed by atoms with E-state index in [4.69, 9.17) is 9.26 Å². The van der Waals surface area contributed by atoms with Crippen molar-refractivity contribution in [3.63, 3.8) is 0 Å². The number of hydrogen-bond donors (Lipinski definition) is 1. The van der Waals surface area contributed by atoms with Crippen molar-refractivity contribution in [2.24, 2.45) is 0 Å². The normalized spacial score (nSPS) is 10.7. The number of nitrogens with zero attached hydrogens (tertiary/aromatic N) is 2. The number of rotatable bonds is 7. The number of alkyl halides is 2. The Labute approximate surface area is 142 Å². The number of halogens is 2. The highest BCUT2D eigenvalue weighted by molar-refractivity contribution is 5.63. The van der Waals surface area contributed by atoms with E-state index in [1.54, 1.807) is 19.2 Å². The van der Waals surface area contributed by atoms with Crippen molar-refractivity contribution >= 4 is 5.69 Å². The maximum atomic E-state index is 12.1. The number of para-hydroxylation sites is 1. The smallest absolute Gasteiger partial charge is 0.387 e. The van der Waals surface area contributed by atoms with Crippen molar-refractivity contribution in [3.05, 3.63) is 54.4 Å². The van der Waals surface area contributed by atoms with Crippen molar-refractivity contribution in [3.8, 4) is 22.9 Å². The summed E-state index contributed by atoms with van der Waals surface area (Å²) in [6.45, 7) is -2.55. The first-order valence-electron chi connectivity index (χ1n) is 7.40. The summed E-state index contributed by atoms with van der Waals surface area (Å²) in [5.74, 6) is 1.55. The molecule has 1 heterocycles. The fourth-order valence-electron chi connectivity index (χ4n) is 2.20. The van der Waals surface area contributed by atoms with Crippen LogP contribution in [0, 0.1) is 0 Å². The Morgan fingerprint density at radius 1 is 1.12 bits per heavy atom. The first-order valence-corrected chi connectivity index (χ1v) is 7.40. The maximum absolute atomic E-state index is 12.1. The summed E-state index contributed by atoms with van der Waals surface area (Å²) in [5, 5.41) is 7.01. The van der Waals surface area contributed by atoms with Crippen molar-refractivity contribution in [2.45, 2.75) is 13.2 Å². The zero-order valence-electron chi connectivity index (χ0n) is 13.3. The number of aromatic nitrogens is 2. The first kappa shape index (κ1) is 16.7. The van der Waals surface area contributed by atoms with Crippen molar-refractivity contribution in [1.29, 1.82) is 0 Å². The Bertz CT molecular complexity index is 822. The van der Waals surface area contributed by atoms with Gasteiger partial charge in [0.25, 0.3) is 0 Å². The molecule has 8 heteroatoms. The lowest BCUT2D eigenvalue weighted by atomic mass is 10.2. The molecule has 0 aliphatic heterocycles. The van der Waals surface area contributed by atoms with Crippen LogP contribution in [0.4, 0.5) is 14.5 Å². The monoisotopic (exact) mass is 347 g/mol. The topological polar surface area (TPSA) is 69.4 Å². The SMILES string of the molecule is COc1ccccc1-c1noc(CNc2ccc(OC(F)F)cc2)n1. The molecule has 25 heavy (non-hydrogen) atoms. The largest absolute Gasteiger partial charge is 0.496 e. The Morgan fingerprint density at radius 3 is 2.60 bits per heavy atom. The quantitative estimate of drug-likeness (QED) is 0.698. The van der Waals surface area contributed by atoms with E-state index in [-0.39, 0.29) is 12.3 Å². The van der Waals surface area contributed by atoms with Crippen LogP contribution in [0.5, 0.6) is 11.5 Å². The molecule has 0 saturated heterocycles. The molecule has 0 radical (unpaired) electrons. The minimum absolute atomic E-state index is 0.0943. The van der Waals surface area contributed by atoms with Gasteiger partial charge in [0.2, 0.25) is 11.7 Å². The highest BCUT2D eigenvalue weighted by Crippen LogP contribution is 2.27. The number of benzene rings is 2. The van der Waals surface area contributed by atoms with Gasteiger partial charge in [0.15, 0.2) is 0 Å². The first-order chi connectivity index (χ1) is 12.2. The van der Waals surface area contributed by atoms with E-state index >= 15 is 0 Å². The average molecular weight is 347 g/mol. The summed E-state index contributed by atoms with van der Waals surface area (Å²) in [6, 6.07) is 13.5. The lowest BCUT2D eigenvalue weighted by Crippen LogP contribution is -2.02. The molecule has 0 aliphatic carbocycles. The Morgan fingerprint density at radius 2 is 1.88 bits per heavy atom. The zero-order chi connectivity index (χ0) is 17.6. The second-order valence-electron chi connectivity index (χ2n) is 4.97. The van der Waals surface area contributed by atoms with E-state index in [0.717, 1.165) is 5.56 Å². The van der Waals surface area contributed by atoms with E-state index < -0.39 is 6.61 Å². The van der Waals surface area contributed by atoms with E-state index in [2.05, 4.69) is 20.2 Å². The van der Waals surface area contributed by atoms with Gasteiger partial charge in [-0.3, -0.25) is 0 Å². The van der Waals surface area contributed by atoms with Crippen LogP contribution in [0.1, 0.15) is 5.89 Å². The van der Waals surface area contributed by atoms with Crippen LogP contribution in [0.25, 0.3) is 11.4 Å². The van der Waals surface area contributed by atoms with Crippen LogP contribution >= 0.6 is 0 Å².